The minimum Gasteiger partial charge on any atom is -0.486 e. The van der Waals surface area contributed by atoms with Crippen LogP contribution in [-0.4, -0.2) is 6.61 Å². The van der Waals surface area contributed by atoms with Gasteiger partial charge in [-0.15, -0.1) is 0 Å². The van der Waals surface area contributed by atoms with E-state index in [4.69, 9.17) is 9.47 Å². The number of ether oxygens (including phenoxy) is 2. The first-order valence-electron chi connectivity index (χ1n) is 9.17. The number of rotatable bonds is 6. The number of hydrogen-bond acceptors (Lipinski definition) is 2. The molecule has 1 atom stereocenters. The molecule has 0 bridgehead atoms. The van der Waals surface area contributed by atoms with Crippen molar-refractivity contribution in [2.24, 2.45) is 0 Å². The van der Waals surface area contributed by atoms with Crippen LogP contribution in [0.15, 0.2) is 54.6 Å². The summed E-state index contributed by atoms with van der Waals surface area (Å²) < 4.78 is 52.8. The average molecular weight is 384 g/mol. The monoisotopic (exact) mass is 384 g/mol. The molecule has 1 aliphatic heterocycles. The maximum Gasteiger partial charge on any atom is 0.200 e. The molecular formula is C23H19F3O2. The summed E-state index contributed by atoms with van der Waals surface area (Å²) in [6, 6.07) is 15.2. The Hall–Kier alpha value is -2.79. The second kappa shape index (κ2) is 7.68. The maximum absolute atomic E-state index is 14.4. The van der Waals surface area contributed by atoms with Crippen molar-refractivity contribution < 1.29 is 22.6 Å². The lowest BCUT2D eigenvalue weighted by Gasteiger charge is -2.10. The molecule has 4 rings (SSSR count). The predicted molar refractivity (Wildman–Crippen MR) is 101 cm³/mol. The molecule has 0 N–H and O–H groups in total. The summed E-state index contributed by atoms with van der Waals surface area (Å²) in [4.78, 5) is 0. The fourth-order valence-electron chi connectivity index (χ4n) is 3.10. The van der Waals surface area contributed by atoms with Crippen molar-refractivity contribution in [3.63, 3.8) is 0 Å². The van der Waals surface area contributed by atoms with Crippen molar-refractivity contribution >= 4 is 0 Å². The van der Waals surface area contributed by atoms with Gasteiger partial charge in [-0.1, -0.05) is 49.4 Å². The van der Waals surface area contributed by atoms with E-state index in [9.17, 15) is 13.2 Å². The van der Waals surface area contributed by atoms with Gasteiger partial charge in [-0.3, -0.25) is 0 Å². The van der Waals surface area contributed by atoms with Crippen molar-refractivity contribution in [1.82, 2.24) is 0 Å². The van der Waals surface area contributed by atoms with Crippen LogP contribution in [0.3, 0.4) is 0 Å². The van der Waals surface area contributed by atoms with Gasteiger partial charge in [0, 0.05) is 5.56 Å². The van der Waals surface area contributed by atoms with E-state index in [2.05, 4.69) is 0 Å². The first-order valence-corrected chi connectivity index (χ1v) is 9.17. The Kier molecular flexibility index (Phi) is 5.09. The molecule has 1 aliphatic rings. The van der Waals surface area contributed by atoms with E-state index in [0.717, 1.165) is 16.7 Å². The Morgan fingerprint density at radius 1 is 0.964 bits per heavy atom. The van der Waals surface area contributed by atoms with Crippen LogP contribution in [0.2, 0.25) is 0 Å². The molecule has 1 unspecified atom stereocenters. The second-order valence-electron chi connectivity index (χ2n) is 6.75. The standard InChI is InChI=1S/C23H19F3O2/c1-2-15-8-10-20(23(26)22(15)25)27-12-14-3-5-16(6-4-14)18-9-7-17(11-19(18)24)21-13-28-21/h3-11,21H,2,12-13H2,1H3. The van der Waals surface area contributed by atoms with E-state index >= 15 is 0 Å². The lowest BCUT2D eigenvalue weighted by molar-refractivity contribution is 0.284. The smallest absolute Gasteiger partial charge is 0.200 e. The van der Waals surface area contributed by atoms with E-state index in [1.165, 1.54) is 18.2 Å². The minimum absolute atomic E-state index is 0.0136. The zero-order chi connectivity index (χ0) is 19.7. The van der Waals surface area contributed by atoms with E-state index in [-0.39, 0.29) is 24.3 Å². The highest BCUT2D eigenvalue weighted by molar-refractivity contribution is 5.65. The third-order valence-electron chi connectivity index (χ3n) is 4.87. The third kappa shape index (κ3) is 3.76. The highest BCUT2D eigenvalue weighted by Crippen LogP contribution is 2.33. The first-order chi connectivity index (χ1) is 13.6. The van der Waals surface area contributed by atoms with Crippen LogP contribution < -0.4 is 4.74 Å². The highest BCUT2D eigenvalue weighted by Gasteiger charge is 2.25. The van der Waals surface area contributed by atoms with Gasteiger partial charge in [-0.05, 0) is 40.8 Å². The Bertz CT molecular complexity index is 995. The Morgan fingerprint density at radius 2 is 1.71 bits per heavy atom. The van der Waals surface area contributed by atoms with Gasteiger partial charge in [-0.25, -0.2) is 8.78 Å². The second-order valence-corrected chi connectivity index (χ2v) is 6.75. The molecule has 1 heterocycles. The quantitative estimate of drug-likeness (QED) is 0.488. The largest absolute Gasteiger partial charge is 0.486 e. The van der Waals surface area contributed by atoms with Crippen molar-refractivity contribution in [3.8, 4) is 16.9 Å². The van der Waals surface area contributed by atoms with Crippen LogP contribution >= 0.6 is 0 Å². The van der Waals surface area contributed by atoms with Gasteiger partial charge in [0.2, 0.25) is 5.82 Å². The average Bonchev–Trinajstić information content (AvgIpc) is 3.55. The van der Waals surface area contributed by atoms with Crippen LogP contribution in [-0.2, 0) is 17.8 Å². The van der Waals surface area contributed by atoms with Gasteiger partial charge in [0.25, 0.3) is 0 Å². The van der Waals surface area contributed by atoms with Crippen molar-refractivity contribution in [3.05, 3.63) is 88.7 Å². The Balaban J connectivity index is 1.46. The summed E-state index contributed by atoms with van der Waals surface area (Å²) in [6.07, 6.45) is 0.426. The topological polar surface area (TPSA) is 21.8 Å². The van der Waals surface area contributed by atoms with Gasteiger partial charge in [0.15, 0.2) is 11.6 Å². The lowest BCUT2D eigenvalue weighted by atomic mass is 10.0. The van der Waals surface area contributed by atoms with Crippen LogP contribution in [0.4, 0.5) is 13.2 Å². The zero-order valence-corrected chi connectivity index (χ0v) is 15.3. The minimum atomic E-state index is -0.974. The van der Waals surface area contributed by atoms with Crippen LogP contribution in [0, 0.1) is 17.5 Å². The molecule has 144 valence electrons. The summed E-state index contributed by atoms with van der Waals surface area (Å²) in [5.74, 6) is -2.27. The van der Waals surface area contributed by atoms with Gasteiger partial charge >= 0.3 is 0 Å². The maximum atomic E-state index is 14.4. The molecule has 0 amide bonds. The lowest BCUT2D eigenvalue weighted by Crippen LogP contribution is -2.01. The zero-order valence-electron chi connectivity index (χ0n) is 15.3. The molecule has 2 nitrogen and oxygen atoms in total. The molecule has 0 aromatic heterocycles. The number of epoxide rings is 1. The molecule has 28 heavy (non-hydrogen) atoms. The third-order valence-corrected chi connectivity index (χ3v) is 4.87. The molecular weight excluding hydrogens is 365 g/mol. The normalized spacial score (nSPS) is 15.5. The Morgan fingerprint density at radius 3 is 2.36 bits per heavy atom. The van der Waals surface area contributed by atoms with Crippen molar-refractivity contribution in [2.75, 3.05) is 6.61 Å². The molecule has 1 saturated heterocycles. The molecule has 5 heteroatoms. The molecule has 3 aromatic rings. The van der Waals surface area contributed by atoms with Crippen LogP contribution in [0.1, 0.15) is 29.7 Å². The van der Waals surface area contributed by atoms with Gasteiger partial charge in [0.1, 0.15) is 18.5 Å². The summed E-state index contributed by atoms with van der Waals surface area (Å²) in [7, 11) is 0. The molecule has 0 radical (unpaired) electrons. The summed E-state index contributed by atoms with van der Waals surface area (Å²) in [5.41, 5.74) is 3.16. The summed E-state index contributed by atoms with van der Waals surface area (Å²) >= 11 is 0. The molecule has 3 aromatic carbocycles. The predicted octanol–water partition coefficient (Wildman–Crippen LogP) is 5.98. The number of halogens is 3. The molecule has 0 saturated carbocycles. The van der Waals surface area contributed by atoms with Gasteiger partial charge < -0.3 is 9.47 Å². The van der Waals surface area contributed by atoms with Gasteiger partial charge in [-0.2, -0.15) is 4.39 Å². The fraction of sp³-hybridized carbons (Fsp3) is 0.217. The van der Waals surface area contributed by atoms with Crippen LogP contribution in [0.25, 0.3) is 11.1 Å². The van der Waals surface area contributed by atoms with E-state index in [1.54, 1.807) is 37.3 Å². The van der Waals surface area contributed by atoms with Crippen molar-refractivity contribution in [2.45, 2.75) is 26.1 Å². The number of hydrogen-bond donors (Lipinski definition) is 0. The Labute approximate surface area is 161 Å². The molecule has 1 fully saturated rings. The van der Waals surface area contributed by atoms with E-state index < -0.39 is 11.6 Å². The van der Waals surface area contributed by atoms with Crippen molar-refractivity contribution in [1.29, 1.82) is 0 Å². The van der Waals surface area contributed by atoms with E-state index in [0.29, 0.717) is 24.2 Å². The number of aryl methyl sites for hydroxylation is 1. The van der Waals surface area contributed by atoms with Gasteiger partial charge in [0.05, 0.1) is 6.61 Å². The summed E-state index contributed by atoms with van der Waals surface area (Å²) in [6.45, 7) is 2.48. The number of benzene rings is 3. The molecule has 0 spiro atoms. The highest BCUT2D eigenvalue weighted by atomic mass is 19.2. The SMILES string of the molecule is CCc1ccc(OCc2ccc(-c3ccc(C4CO4)cc3F)cc2)c(F)c1F. The fourth-order valence-corrected chi connectivity index (χ4v) is 3.10. The first kappa shape index (κ1) is 18.6. The molecule has 0 aliphatic carbocycles. The van der Waals surface area contributed by atoms with E-state index in [1.807, 2.05) is 6.07 Å². The van der Waals surface area contributed by atoms with Crippen LogP contribution in [0.5, 0.6) is 5.75 Å². The summed E-state index contributed by atoms with van der Waals surface area (Å²) in [5, 5.41) is 0.